The minimum atomic E-state index is -0.804. The van der Waals surface area contributed by atoms with Crippen LogP contribution in [0.2, 0.25) is 0 Å². The van der Waals surface area contributed by atoms with E-state index in [-0.39, 0.29) is 0 Å². The number of alkyl carbamates (subject to hydrolysis) is 1. The maximum atomic E-state index is 11.8. The summed E-state index contributed by atoms with van der Waals surface area (Å²) in [7, 11) is 0. The molecule has 0 fully saturated rings. The summed E-state index contributed by atoms with van der Waals surface area (Å²) >= 11 is 0. The summed E-state index contributed by atoms with van der Waals surface area (Å²) in [5, 5.41) is 13.0. The van der Waals surface area contributed by atoms with Gasteiger partial charge in [0.1, 0.15) is 5.60 Å². The molecule has 1 rings (SSSR count). The minimum Gasteiger partial charge on any atom is -0.444 e. The lowest BCUT2D eigenvalue weighted by Crippen LogP contribution is -2.42. The summed E-state index contributed by atoms with van der Waals surface area (Å²) in [5.41, 5.74) is 0.177. The zero-order chi connectivity index (χ0) is 15.2. The molecule has 1 aromatic rings. The van der Waals surface area contributed by atoms with Gasteiger partial charge in [0.05, 0.1) is 12.1 Å². The Labute approximate surface area is 120 Å². The molecule has 1 amide bonds. The number of carbonyl (C=O) groups excluding carboxylic acids is 1. The molecule has 0 radical (unpaired) electrons. The standard InChI is InChI=1S/C16H23NO3/c1-5-9-13(17-15(19)20-16(2,3)4)14(18)12-10-7-6-8-11-12/h5-8,10-11,13-14,18H,1,9H2,2-4H3,(H,17,19)/t13-,14+/m1/s1. The normalized spacial score (nSPS) is 14.2. The highest BCUT2D eigenvalue weighted by molar-refractivity contribution is 5.68. The van der Waals surface area contributed by atoms with Gasteiger partial charge in [0.25, 0.3) is 0 Å². The molecule has 2 N–H and O–H groups in total. The highest BCUT2D eigenvalue weighted by Gasteiger charge is 2.24. The molecule has 0 aliphatic carbocycles. The lowest BCUT2D eigenvalue weighted by atomic mass is 10.00. The number of aliphatic hydroxyl groups excluding tert-OH is 1. The molecule has 0 aliphatic rings. The number of benzene rings is 1. The Morgan fingerprint density at radius 2 is 2.00 bits per heavy atom. The first-order valence-electron chi connectivity index (χ1n) is 6.67. The van der Waals surface area contributed by atoms with Crippen molar-refractivity contribution < 1.29 is 14.6 Å². The van der Waals surface area contributed by atoms with E-state index in [1.165, 1.54) is 0 Å². The van der Waals surface area contributed by atoms with E-state index >= 15 is 0 Å². The van der Waals surface area contributed by atoms with Gasteiger partial charge in [-0.2, -0.15) is 0 Å². The zero-order valence-corrected chi connectivity index (χ0v) is 12.3. The highest BCUT2D eigenvalue weighted by atomic mass is 16.6. The first-order chi connectivity index (χ1) is 9.33. The van der Waals surface area contributed by atoms with Crippen LogP contribution in [0.3, 0.4) is 0 Å². The lowest BCUT2D eigenvalue weighted by molar-refractivity contribution is 0.0423. The van der Waals surface area contributed by atoms with Crippen LogP contribution in [0.5, 0.6) is 0 Å². The Kier molecular flexibility index (Phi) is 5.77. The lowest BCUT2D eigenvalue weighted by Gasteiger charge is -2.26. The van der Waals surface area contributed by atoms with Crippen molar-refractivity contribution in [1.29, 1.82) is 0 Å². The van der Waals surface area contributed by atoms with Gasteiger partial charge in [-0.1, -0.05) is 36.4 Å². The van der Waals surface area contributed by atoms with Gasteiger partial charge in [0.2, 0.25) is 0 Å². The fraction of sp³-hybridized carbons (Fsp3) is 0.438. The summed E-state index contributed by atoms with van der Waals surface area (Å²) in [6.45, 7) is 9.04. The topological polar surface area (TPSA) is 58.6 Å². The fourth-order valence-corrected chi connectivity index (χ4v) is 1.79. The number of nitrogens with one attached hydrogen (secondary N) is 1. The number of ether oxygens (including phenoxy) is 1. The van der Waals surface area contributed by atoms with Gasteiger partial charge >= 0.3 is 6.09 Å². The average molecular weight is 277 g/mol. The third-order valence-corrected chi connectivity index (χ3v) is 2.64. The Bertz CT molecular complexity index is 437. The SMILES string of the molecule is C=CC[C@@H](NC(=O)OC(C)(C)C)[C@@H](O)c1ccccc1. The second-order valence-corrected chi connectivity index (χ2v) is 5.63. The van der Waals surface area contributed by atoms with Crippen LogP contribution >= 0.6 is 0 Å². The molecule has 0 bridgehead atoms. The van der Waals surface area contributed by atoms with E-state index in [1.54, 1.807) is 26.8 Å². The zero-order valence-electron chi connectivity index (χ0n) is 12.3. The van der Waals surface area contributed by atoms with Crippen molar-refractivity contribution >= 4 is 6.09 Å². The van der Waals surface area contributed by atoms with Gasteiger partial charge in [-0.3, -0.25) is 0 Å². The smallest absolute Gasteiger partial charge is 0.407 e. The Morgan fingerprint density at radius 3 is 2.50 bits per heavy atom. The molecule has 2 atom stereocenters. The quantitative estimate of drug-likeness (QED) is 0.813. The van der Waals surface area contributed by atoms with Crippen LogP contribution in [-0.4, -0.2) is 22.8 Å². The molecule has 0 aromatic heterocycles. The van der Waals surface area contributed by atoms with Gasteiger partial charge in [0.15, 0.2) is 0 Å². The molecule has 4 heteroatoms. The van der Waals surface area contributed by atoms with E-state index < -0.39 is 23.8 Å². The number of rotatable bonds is 5. The minimum absolute atomic E-state index is 0.454. The molecule has 0 spiro atoms. The van der Waals surface area contributed by atoms with E-state index in [0.29, 0.717) is 6.42 Å². The van der Waals surface area contributed by atoms with Crippen molar-refractivity contribution in [1.82, 2.24) is 5.32 Å². The van der Waals surface area contributed by atoms with E-state index in [0.717, 1.165) is 5.56 Å². The van der Waals surface area contributed by atoms with Crippen LogP contribution < -0.4 is 5.32 Å². The van der Waals surface area contributed by atoms with E-state index in [1.807, 2.05) is 30.3 Å². The van der Waals surface area contributed by atoms with Crippen LogP contribution in [0.15, 0.2) is 43.0 Å². The summed E-state index contributed by atoms with van der Waals surface area (Å²) in [4.78, 5) is 11.8. The Balaban J connectivity index is 2.74. The van der Waals surface area contributed by atoms with Crippen LogP contribution in [-0.2, 0) is 4.74 Å². The summed E-state index contributed by atoms with van der Waals surface area (Å²) in [6, 6.07) is 8.73. The van der Waals surface area contributed by atoms with Crippen LogP contribution in [0, 0.1) is 0 Å². The van der Waals surface area contributed by atoms with Crippen molar-refractivity contribution in [2.75, 3.05) is 0 Å². The maximum Gasteiger partial charge on any atom is 0.407 e. The fourth-order valence-electron chi connectivity index (χ4n) is 1.79. The van der Waals surface area contributed by atoms with E-state index in [9.17, 15) is 9.90 Å². The van der Waals surface area contributed by atoms with Crippen LogP contribution in [0.25, 0.3) is 0 Å². The average Bonchev–Trinajstić information content (AvgIpc) is 2.36. The summed E-state index contributed by atoms with van der Waals surface area (Å²) in [5.74, 6) is 0. The van der Waals surface area contributed by atoms with Gasteiger partial charge < -0.3 is 15.2 Å². The Morgan fingerprint density at radius 1 is 1.40 bits per heavy atom. The molecular formula is C16H23NO3. The first kappa shape index (κ1) is 16.2. The van der Waals surface area contributed by atoms with Gasteiger partial charge in [-0.05, 0) is 32.8 Å². The highest BCUT2D eigenvalue weighted by Crippen LogP contribution is 2.19. The third-order valence-electron chi connectivity index (χ3n) is 2.64. The summed E-state index contributed by atoms with van der Waals surface area (Å²) < 4.78 is 5.21. The maximum absolute atomic E-state index is 11.8. The molecule has 0 unspecified atom stereocenters. The van der Waals surface area contributed by atoms with Crippen molar-refractivity contribution in [3.05, 3.63) is 48.6 Å². The van der Waals surface area contributed by atoms with E-state index in [4.69, 9.17) is 4.74 Å². The second kappa shape index (κ2) is 7.10. The monoisotopic (exact) mass is 277 g/mol. The van der Waals surface area contributed by atoms with Gasteiger partial charge in [-0.25, -0.2) is 4.79 Å². The number of hydrogen-bond donors (Lipinski definition) is 2. The Hall–Kier alpha value is -1.81. The number of aliphatic hydroxyl groups is 1. The van der Waals surface area contributed by atoms with Gasteiger partial charge in [0, 0.05) is 0 Å². The van der Waals surface area contributed by atoms with Crippen molar-refractivity contribution in [2.24, 2.45) is 0 Å². The number of amides is 1. The van der Waals surface area contributed by atoms with Crippen molar-refractivity contribution in [3.8, 4) is 0 Å². The second-order valence-electron chi connectivity index (χ2n) is 5.63. The number of hydrogen-bond acceptors (Lipinski definition) is 3. The molecule has 0 saturated heterocycles. The summed E-state index contributed by atoms with van der Waals surface area (Å²) in [6.07, 6.45) is 0.768. The first-order valence-corrected chi connectivity index (χ1v) is 6.67. The van der Waals surface area contributed by atoms with E-state index in [2.05, 4.69) is 11.9 Å². The molecule has 0 saturated carbocycles. The molecule has 0 heterocycles. The number of carbonyl (C=O) groups is 1. The molecule has 20 heavy (non-hydrogen) atoms. The van der Waals surface area contributed by atoms with Gasteiger partial charge in [-0.15, -0.1) is 6.58 Å². The van der Waals surface area contributed by atoms with Crippen LogP contribution in [0.4, 0.5) is 4.79 Å². The van der Waals surface area contributed by atoms with Crippen molar-refractivity contribution in [2.45, 2.75) is 44.9 Å². The largest absolute Gasteiger partial charge is 0.444 e. The molecule has 4 nitrogen and oxygen atoms in total. The molecule has 0 aliphatic heterocycles. The third kappa shape index (κ3) is 5.45. The predicted octanol–water partition coefficient (Wildman–Crippen LogP) is 3.19. The molecule has 1 aromatic carbocycles. The van der Waals surface area contributed by atoms with Crippen LogP contribution in [0.1, 0.15) is 38.9 Å². The predicted molar refractivity (Wildman–Crippen MR) is 79.4 cm³/mol. The molecule has 110 valence electrons. The van der Waals surface area contributed by atoms with Crippen molar-refractivity contribution in [3.63, 3.8) is 0 Å². The molecular weight excluding hydrogens is 254 g/mol.